The second-order valence-corrected chi connectivity index (χ2v) is 4.38. The highest BCUT2D eigenvalue weighted by molar-refractivity contribution is 5.96. The minimum absolute atomic E-state index is 0.251. The van der Waals surface area contributed by atoms with Crippen molar-refractivity contribution in [2.24, 2.45) is 0 Å². The molecule has 1 aromatic carbocycles. The summed E-state index contributed by atoms with van der Waals surface area (Å²) in [6.45, 7) is 0.974. The van der Waals surface area contributed by atoms with Crippen LogP contribution in [0.25, 0.3) is 0 Å². The van der Waals surface area contributed by atoms with Gasteiger partial charge in [-0.15, -0.1) is 0 Å². The molecule has 0 atom stereocenters. The van der Waals surface area contributed by atoms with Gasteiger partial charge in [-0.1, -0.05) is 24.3 Å². The van der Waals surface area contributed by atoms with Crippen molar-refractivity contribution >= 4 is 11.6 Å². The lowest BCUT2D eigenvalue weighted by Gasteiger charge is -2.08. The lowest BCUT2D eigenvalue weighted by atomic mass is 10.1. The topological polar surface area (TPSA) is 77.2 Å². The quantitative estimate of drug-likeness (QED) is 0.868. The molecular formula is C15H17N3O2. The maximum atomic E-state index is 12.0. The standard InChI is InChI=1S/C15H17N3O2/c1-20-10-12-5-2-4-11(8-12)9-18-15(19)14-13(16)6-3-7-17-14/h2-8H,9-10,16H2,1H3,(H,18,19). The van der Waals surface area contributed by atoms with Gasteiger partial charge in [-0.05, 0) is 23.3 Å². The zero-order valence-electron chi connectivity index (χ0n) is 11.3. The van der Waals surface area contributed by atoms with Gasteiger partial charge in [0.25, 0.3) is 5.91 Å². The van der Waals surface area contributed by atoms with Crippen LogP contribution in [0.3, 0.4) is 0 Å². The summed E-state index contributed by atoms with van der Waals surface area (Å²) in [5.74, 6) is -0.278. The molecule has 0 radical (unpaired) electrons. The number of benzene rings is 1. The summed E-state index contributed by atoms with van der Waals surface area (Å²) in [5.41, 5.74) is 8.41. The molecule has 5 heteroatoms. The first-order valence-corrected chi connectivity index (χ1v) is 6.26. The van der Waals surface area contributed by atoms with Crippen molar-refractivity contribution in [2.75, 3.05) is 12.8 Å². The van der Waals surface area contributed by atoms with Gasteiger partial charge in [0.2, 0.25) is 0 Å². The van der Waals surface area contributed by atoms with Crippen LogP contribution in [-0.2, 0) is 17.9 Å². The van der Waals surface area contributed by atoms with E-state index in [1.54, 1.807) is 25.4 Å². The molecule has 0 aliphatic carbocycles. The first-order chi connectivity index (χ1) is 9.70. The SMILES string of the molecule is COCc1cccc(CNC(=O)c2ncccc2N)c1. The number of pyridine rings is 1. The molecule has 0 aliphatic heterocycles. The Morgan fingerprint density at radius 3 is 2.85 bits per heavy atom. The second-order valence-electron chi connectivity index (χ2n) is 4.38. The van der Waals surface area contributed by atoms with E-state index in [-0.39, 0.29) is 11.6 Å². The van der Waals surface area contributed by atoms with Crippen molar-refractivity contribution in [2.45, 2.75) is 13.2 Å². The van der Waals surface area contributed by atoms with E-state index in [9.17, 15) is 4.79 Å². The van der Waals surface area contributed by atoms with E-state index >= 15 is 0 Å². The molecule has 0 spiro atoms. The van der Waals surface area contributed by atoms with Gasteiger partial charge in [0.1, 0.15) is 0 Å². The summed E-state index contributed by atoms with van der Waals surface area (Å²) in [5, 5.41) is 2.80. The first kappa shape index (κ1) is 14.0. The van der Waals surface area contributed by atoms with Crippen molar-refractivity contribution in [3.8, 4) is 0 Å². The molecule has 5 nitrogen and oxygen atoms in total. The van der Waals surface area contributed by atoms with Crippen LogP contribution in [0.4, 0.5) is 5.69 Å². The Morgan fingerprint density at radius 1 is 1.30 bits per heavy atom. The van der Waals surface area contributed by atoms with Crippen LogP contribution in [0.1, 0.15) is 21.6 Å². The smallest absolute Gasteiger partial charge is 0.272 e. The van der Waals surface area contributed by atoms with E-state index in [1.165, 1.54) is 0 Å². The molecule has 0 bridgehead atoms. The minimum Gasteiger partial charge on any atom is -0.397 e. The number of carbonyl (C=O) groups is 1. The van der Waals surface area contributed by atoms with E-state index in [4.69, 9.17) is 10.5 Å². The summed E-state index contributed by atoms with van der Waals surface area (Å²) in [4.78, 5) is 16.0. The van der Waals surface area contributed by atoms with Gasteiger partial charge in [0, 0.05) is 19.9 Å². The van der Waals surface area contributed by atoms with Crippen LogP contribution in [0, 0.1) is 0 Å². The minimum atomic E-state index is -0.278. The molecule has 2 aromatic rings. The molecule has 1 aromatic heterocycles. The lowest BCUT2D eigenvalue weighted by molar-refractivity contribution is 0.0947. The van der Waals surface area contributed by atoms with Crippen LogP contribution in [0.15, 0.2) is 42.6 Å². The number of anilines is 1. The van der Waals surface area contributed by atoms with Crippen molar-refractivity contribution in [1.82, 2.24) is 10.3 Å². The number of hydrogen-bond donors (Lipinski definition) is 2. The number of hydrogen-bond acceptors (Lipinski definition) is 4. The molecule has 20 heavy (non-hydrogen) atoms. The number of aromatic nitrogens is 1. The average molecular weight is 271 g/mol. The van der Waals surface area contributed by atoms with Gasteiger partial charge < -0.3 is 15.8 Å². The average Bonchev–Trinajstić information content (AvgIpc) is 2.46. The number of rotatable bonds is 5. The maximum Gasteiger partial charge on any atom is 0.272 e. The summed E-state index contributed by atoms with van der Waals surface area (Å²) >= 11 is 0. The Balaban J connectivity index is 2.00. The number of nitrogen functional groups attached to an aromatic ring is 1. The van der Waals surface area contributed by atoms with Gasteiger partial charge >= 0.3 is 0 Å². The van der Waals surface area contributed by atoms with E-state index in [0.29, 0.717) is 18.8 Å². The highest BCUT2D eigenvalue weighted by Crippen LogP contribution is 2.09. The molecule has 0 aliphatic rings. The van der Waals surface area contributed by atoms with E-state index < -0.39 is 0 Å². The maximum absolute atomic E-state index is 12.0. The zero-order chi connectivity index (χ0) is 14.4. The molecule has 3 N–H and O–H groups in total. The van der Waals surface area contributed by atoms with Crippen LogP contribution in [-0.4, -0.2) is 18.0 Å². The van der Waals surface area contributed by atoms with Crippen molar-refractivity contribution in [3.63, 3.8) is 0 Å². The fourth-order valence-corrected chi connectivity index (χ4v) is 1.87. The number of methoxy groups -OCH3 is 1. The molecule has 104 valence electrons. The van der Waals surface area contributed by atoms with Crippen LogP contribution >= 0.6 is 0 Å². The number of nitrogens with two attached hydrogens (primary N) is 1. The molecule has 0 unspecified atom stereocenters. The van der Waals surface area contributed by atoms with Crippen molar-refractivity contribution < 1.29 is 9.53 Å². The number of nitrogens with one attached hydrogen (secondary N) is 1. The van der Waals surface area contributed by atoms with Gasteiger partial charge in [-0.25, -0.2) is 4.98 Å². The number of ether oxygens (including phenoxy) is 1. The van der Waals surface area contributed by atoms with Gasteiger partial charge in [-0.2, -0.15) is 0 Å². The Hall–Kier alpha value is -2.40. The highest BCUT2D eigenvalue weighted by atomic mass is 16.5. The van der Waals surface area contributed by atoms with E-state index in [2.05, 4.69) is 10.3 Å². The largest absolute Gasteiger partial charge is 0.397 e. The Kier molecular flexibility index (Phi) is 4.68. The summed E-state index contributed by atoms with van der Waals surface area (Å²) in [7, 11) is 1.65. The molecule has 1 amide bonds. The molecule has 0 saturated carbocycles. The predicted molar refractivity (Wildman–Crippen MR) is 77.0 cm³/mol. The van der Waals surface area contributed by atoms with E-state index in [0.717, 1.165) is 11.1 Å². The van der Waals surface area contributed by atoms with Gasteiger partial charge in [-0.3, -0.25) is 4.79 Å². The van der Waals surface area contributed by atoms with Crippen LogP contribution in [0.2, 0.25) is 0 Å². The molecular weight excluding hydrogens is 254 g/mol. The van der Waals surface area contributed by atoms with Crippen LogP contribution < -0.4 is 11.1 Å². The van der Waals surface area contributed by atoms with Crippen molar-refractivity contribution in [1.29, 1.82) is 0 Å². The Bertz CT molecular complexity index is 599. The Morgan fingerprint density at radius 2 is 2.10 bits per heavy atom. The van der Waals surface area contributed by atoms with Gasteiger partial charge in [0.15, 0.2) is 5.69 Å². The fourth-order valence-electron chi connectivity index (χ4n) is 1.87. The molecule has 0 fully saturated rings. The first-order valence-electron chi connectivity index (χ1n) is 6.26. The zero-order valence-corrected chi connectivity index (χ0v) is 11.3. The molecule has 2 rings (SSSR count). The summed E-state index contributed by atoms with van der Waals surface area (Å²) in [6, 6.07) is 11.2. The number of nitrogens with zero attached hydrogens (tertiary/aromatic N) is 1. The Labute approximate surface area is 117 Å². The fraction of sp³-hybridized carbons (Fsp3) is 0.200. The third kappa shape index (κ3) is 3.55. The number of amides is 1. The lowest BCUT2D eigenvalue weighted by Crippen LogP contribution is -2.24. The summed E-state index contributed by atoms with van der Waals surface area (Å²) < 4.78 is 5.08. The van der Waals surface area contributed by atoms with Crippen molar-refractivity contribution in [3.05, 3.63) is 59.4 Å². The van der Waals surface area contributed by atoms with Crippen LogP contribution in [0.5, 0.6) is 0 Å². The monoisotopic (exact) mass is 271 g/mol. The second kappa shape index (κ2) is 6.68. The number of carbonyl (C=O) groups excluding carboxylic acids is 1. The third-order valence-electron chi connectivity index (χ3n) is 2.81. The summed E-state index contributed by atoms with van der Waals surface area (Å²) in [6.07, 6.45) is 1.55. The highest BCUT2D eigenvalue weighted by Gasteiger charge is 2.10. The van der Waals surface area contributed by atoms with E-state index in [1.807, 2.05) is 24.3 Å². The molecule has 0 saturated heterocycles. The normalized spacial score (nSPS) is 10.2. The third-order valence-corrected chi connectivity index (χ3v) is 2.81. The molecule has 1 heterocycles. The predicted octanol–water partition coefficient (Wildman–Crippen LogP) is 1.74. The van der Waals surface area contributed by atoms with Gasteiger partial charge in [0.05, 0.1) is 12.3 Å².